The molecule has 0 atom stereocenters. The number of rotatable bonds is 6. The maximum atomic E-state index is 11.6. The standard InChI is InChI=1S/C12H18OS/c1-3-4-5-6-7-11(13)12-9-8-10(2)14-12/h8-9H,3-7H2,1-2H3. The van der Waals surface area contributed by atoms with E-state index in [9.17, 15) is 4.79 Å². The van der Waals surface area contributed by atoms with Crippen LogP contribution in [0.3, 0.4) is 0 Å². The van der Waals surface area contributed by atoms with Crippen molar-refractivity contribution < 1.29 is 4.79 Å². The largest absolute Gasteiger partial charge is 0.293 e. The number of hydrogen-bond donors (Lipinski definition) is 0. The molecule has 0 fully saturated rings. The molecule has 2 heteroatoms. The second kappa shape index (κ2) is 5.97. The zero-order chi connectivity index (χ0) is 10.4. The Kier molecular flexibility index (Phi) is 4.88. The van der Waals surface area contributed by atoms with Crippen LogP contribution in [0.4, 0.5) is 0 Å². The number of aryl methyl sites for hydroxylation is 1. The summed E-state index contributed by atoms with van der Waals surface area (Å²) in [6.45, 7) is 4.23. The summed E-state index contributed by atoms with van der Waals surface area (Å²) in [5.41, 5.74) is 0. The summed E-state index contributed by atoms with van der Waals surface area (Å²) in [5, 5.41) is 0. The Balaban J connectivity index is 2.29. The summed E-state index contributed by atoms with van der Waals surface area (Å²) >= 11 is 1.61. The quantitative estimate of drug-likeness (QED) is 0.508. The van der Waals surface area contributed by atoms with E-state index >= 15 is 0 Å². The third-order valence-electron chi connectivity index (χ3n) is 2.27. The Hall–Kier alpha value is -0.630. The number of carbonyl (C=O) groups excluding carboxylic acids is 1. The van der Waals surface area contributed by atoms with Crippen LogP contribution in [0, 0.1) is 6.92 Å². The maximum absolute atomic E-state index is 11.6. The molecule has 1 aromatic rings. The summed E-state index contributed by atoms with van der Waals surface area (Å²) in [5.74, 6) is 0.319. The fraction of sp³-hybridized carbons (Fsp3) is 0.583. The van der Waals surface area contributed by atoms with Crippen molar-refractivity contribution in [3.05, 3.63) is 21.9 Å². The lowest BCUT2D eigenvalue weighted by Crippen LogP contribution is -1.95. The number of thiophene rings is 1. The molecule has 0 N–H and O–H groups in total. The molecular formula is C12H18OS. The number of hydrogen-bond acceptors (Lipinski definition) is 2. The summed E-state index contributed by atoms with van der Waals surface area (Å²) in [6, 6.07) is 3.96. The summed E-state index contributed by atoms with van der Waals surface area (Å²) in [4.78, 5) is 13.8. The SMILES string of the molecule is CCCCCCC(=O)c1ccc(C)s1. The minimum absolute atomic E-state index is 0.319. The van der Waals surface area contributed by atoms with Gasteiger partial charge in [0.25, 0.3) is 0 Å². The van der Waals surface area contributed by atoms with E-state index in [0.29, 0.717) is 5.78 Å². The van der Waals surface area contributed by atoms with Crippen LogP contribution in [0.1, 0.15) is 53.6 Å². The van der Waals surface area contributed by atoms with E-state index in [0.717, 1.165) is 17.7 Å². The van der Waals surface area contributed by atoms with E-state index in [1.54, 1.807) is 11.3 Å². The van der Waals surface area contributed by atoms with Gasteiger partial charge in [-0.3, -0.25) is 4.79 Å². The molecule has 0 unspecified atom stereocenters. The Morgan fingerprint density at radius 3 is 2.64 bits per heavy atom. The Bertz CT molecular complexity index is 288. The van der Waals surface area contributed by atoms with Crippen molar-refractivity contribution in [2.24, 2.45) is 0 Å². The third kappa shape index (κ3) is 3.62. The van der Waals surface area contributed by atoms with Crippen molar-refractivity contribution in [2.75, 3.05) is 0 Å². The second-order valence-corrected chi connectivity index (χ2v) is 4.93. The minimum atomic E-state index is 0.319. The van der Waals surface area contributed by atoms with Crippen LogP contribution in [-0.4, -0.2) is 5.78 Å². The lowest BCUT2D eigenvalue weighted by atomic mass is 10.1. The van der Waals surface area contributed by atoms with Gasteiger partial charge in [0.1, 0.15) is 0 Å². The molecule has 0 aliphatic heterocycles. The monoisotopic (exact) mass is 210 g/mol. The minimum Gasteiger partial charge on any atom is -0.293 e. The molecule has 0 aliphatic rings. The smallest absolute Gasteiger partial charge is 0.172 e. The van der Waals surface area contributed by atoms with Crippen molar-refractivity contribution in [1.29, 1.82) is 0 Å². The van der Waals surface area contributed by atoms with Crippen molar-refractivity contribution in [1.82, 2.24) is 0 Å². The van der Waals surface area contributed by atoms with Gasteiger partial charge < -0.3 is 0 Å². The average Bonchev–Trinajstić information content (AvgIpc) is 2.59. The second-order valence-electron chi connectivity index (χ2n) is 3.64. The number of carbonyl (C=O) groups is 1. The van der Waals surface area contributed by atoms with E-state index in [2.05, 4.69) is 6.92 Å². The van der Waals surface area contributed by atoms with E-state index < -0.39 is 0 Å². The van der Waals surface area contributed by atoms with Gasteiger partial charge in [-0.25, -0.2) is 0 Å². The Morgan fingerprint density at radius 1 is 1.29 bits per heavy atom. The predicted molar refractivity (Wildman–Crippen MR) is 62.1 cm³/mol. The van der Waals surface area contributed by atoms with Gasteiger partial charge in [0.15, 0.2) is 5.78 Å². The normalized spacial score (nSPS) is 10.4. The number of ketones is 1. The number of Topliss-reactive ketones (excluding diaryl/α,β-unsaturated/α-hetero) is 1. The number of unbranched alkanes of at least 4 members (excludes halogenated alkanes) is 3. The van der Waals surface area contributed by atoms with E-state index in [1.807, 2.05) is 19.1 Å². The highest BCUT2D eigenvalue weighted by Gasteiger charge is 2.06. The van der Waals surface area contributed by atoms with Crippen LogP contribution in [0.25, 0.3) is 0 Å². The topological polar surface area (TPSA) is 17.1 Å². The highest BCUT2D eigenvalue weighted by Crippen LogP contribution is 2.18. The molecule has 0 aliphatic carbocycles. The molecule has 78 valence electrons. The highest BCUT2D eigenvalue weighted by molar-refractivity contribution is 7.14. The zero-order valence-corrected chi connectivity index (χ0v) is 9.82. The molecule has 1 rings (SSSR count). The van der Waals surface area contributed by atoms with Crippen LogP contribution in [0.15, 0.2) is 12.1 Å². The van der Waals surface area contributed by atoms with E-state index in [4.69, 9.17) is 0 Å². The molecule has 0 bridgehead atoms. The third-order valence-corrected chi connectivity index (χ3v) is 3.31. The van der Waals surface area contributed by atoms with Gasteiger partial charge in [0.2, 0.25) is 0 Å². The van der Waals surface area contributed by atoms with Crippen molar-refractivity contribution in [3.8, 4) is 0 Å². The molecule has 0 saturated carbocycles. The molecule has 0 amide bonds. The lowest BCUT2D eigenvalue weighted by Gasteiger charge is -1.97. The molecule has 1 aromatic heterocycles. The molecule has 0 aromatic carbocycles. The molecule has 0 saturated heterocycles. The molecule has 1 heterocycles. The van der Waals surface area contributed by atoms with Crippen LogP contribution in [0.2, 0.25) is 0 Å². The van der Waals surface area contributed by atoms with Crippen molar-refractivity contribution in [2.45, 2.75) is 46.0 Å². The van der Waals surface area contributed by atoms with E-state index in [-0.39, 0.29) is 0 Å². The summed E-state index contributed by atoms with van der Waals surface area (Å²) in [6.07, 6.45) is 5.43. The summed E-state index contributed by atoms with van der Waals surface area (Å²) in [7, 11) is 0. The maximum Gasteiger partial charge on any atom is 0.172 e. The van der Waals surface area contributed by atoms with Gasteiger partial charge in [-0.15, -0.1) is 11.3 Å². The van der Waals surface area contributed by atoms with Gasteiger partial charge in [-0.05, 0) is 25.5 Å². The van der Waals surface area contributed by atoms with Crippen LogP contribution >= 0.6 is 11.3 Å². The van der Waals surface area contributed by atoms with Crippen molar-refractivity contribution >= 4 is 17.1 Å². The molecule has 1 nitrogen and oxygen atoms in total. The first kappa shape index (κ1) is 11.4. The van der Waals surface area contributed by atoms with Gasteiger partial charge in [0, 0.05) is 11.3 Å². The first-order chi connectivity index (χ1) is 6.74. The molecule has 14 heavy (non-hydrogen) atoms. The lowest BCUT2D eigenvalue weighted by molar-refractivity contribution is 0.0983. The highest BCUT2D eigenvalue weighted by atomic mass is 32.1. The summed E-state index contributed by atoms with van der Waals surface area (Å²) < 4.78 is 0. The molecular weight excluding hydrogens is 192 g/mol. The van der Waals surface area contributed by atoms with Gasteiger partial charge >= 0.3 is 0 Å². The van der Waals surface area contributed by atoms with Crippen molar-refractivity contribution in [3.63, 3.8) is 0 Å². The Labute approximate surface area is 90.2 Å². The molecule has 0 spiro atoms. The van der Waals surface area contributed by atoms with E-state index in [1.165, 1.54) is 24.1 Å². The van der Waals surface area contributed by atoms with Crippen LogP contribution in [0.5, 0.6) is 0 Å². The van der Waals surface area contributed by atoms with Crippen LogP contribution in [-0.2, 0) is 0 Å². The first-order valence-corrected chi connectivity index (χ1v) is 6.15. The Morgan fingerprint density at radius 2 is 2.07 bits per heavy atom. The molecule has 0 radical (unpaired) electrons. The van der Waals surface area contributed by atoms with Gasteiger partial charge in [0.05, 0.1) is 4.88 Å². The predicted octanol–water partition coefficient (Wildman–Crippen LogP) is 4.21. The fourth-order valence-electron chi connectivity index (χ4n) is 1.42. The fourth-order valence-corrected chi connectivity index (χ4v) is 2.25. The van der Waals surface area contributed by atoms with Crippen LogP contribution < -0.4 is 0 Å². The van der Waals surface area contributed by atoms with Gasteiger partial charge in [-0.2, -0.15) is 0 Å². The van der Waals surface area contributed by atoms with Gasteiger partial charge in [-0.1, -0.05) is 26.2 Å². The average molecular weight is 210 g/mol. The zero-order valence-electron chi connectivity index (χ0n) is 9.01. The first-order valence-electron chi connectivity index (χ1n) is 5.33.